The van der Waals surface area contributed by atoms with Crippen molar-refractivity contribution in [2.45, 2.75) is 26.4 Å². The molecule has 0 saturated carbocycles. The van der Waals surface area contributed by atoms with E-state index in [4.69, 9.17) is 0 Å². The predicted octanol–water partition coefficient (Wildman–Crippen LogP) is 2.16. The lowest BCUT2D eigenvalue weighted by Gasteiger charge is -2.09. The molecule has 0 atom stereocenters. The molecular formula is C15H15BrN4O2. The van der Waals surface area contributed by atoms with Gasteiger partial charge in [0.2, 0.25) is 5.91 Å². The number of hydrogen-bond acceptors (Lipinski definition) is 3. The minimum Gasteiger partial charge on any atom is -0.352 e. The molecule has 0 unspecified atom stereocenters. The van der Waals surface area contributed by atoms with Crippen molar-refractivity contribution in [3.8, 4) is 0 Å². The third kappa shape index (κ3) is 2.64. The van der Waals surface area contributed by atoms with E-state index in [2.05, 4.69) is 31.2 Å². The Kier molecular flexibility index (Phi) is 3.74. The number of rotatable bonds is 3. The number of amides is 1. The molecule has 114 valence electrons. The van der Waals surface area contributed by atoms with Gasteiger partial charge >= 0.3 is 0 Å². The molecule has 2 heterocycles. The van der Waals surface area contributed by atoms with E-state index in [1.54, 1.807) is 0 Å². The van der Waals surface area contributed by atoms with Crippen LogP contribution >= 0.6 is 15.9 Å². The number of H-pyrrole nitrogens is 1. The molecule has 6 nitrogen and oxygen atoms in total. The Morgan fingerprint density at radius 1 is 1.45 bits per heavy atom. The third-order valence-corrected chi connectivity index (χ3v) is 3.79. The molecule has 22 heavy (non-hydrogen) atoms. The Morgan fingerprint density at radius 2 is 2.23 bits per heavy atom. The van der Waals surface area contributed by atoms with Gasteiger partial charge in [-0.1, -0.05) is 15.9 Å². The fourth-order valence-electron chi connectivity index (χ4n) is 2.40. The fraction of sp³-hybridized carbons (Fsp3) is 0.267. The van der Waals surface area contributed by atoms with E-state index in [0.29, 0.717) is 11.0 Å². The number of nitrogens with one attached hydrogen (secondary N) is 2. The van der Waals surface area contributed by atoms with Crippen molar-refractivity contribution >= 4 is 43.8 Å². The molecule has 0 aliphatic rings. The number of benzene rings is 1. The van der Waals surface area contributed by atoms with Gasteiger partial charge in [-0.3, -0.25) is 14.2 Å². The average molecular weight is 363 g/mol. The molecule has 0 aliphatic heterocycles. The summed E-state index contributed by atoms with van der Waals surface area (Å²) in [4.78, 5) is 31.7. The van der Waals surface area contributed by atoms with Crippen LogP contribution in [0, 0.1) is 0 Å². The molecule has 0 aliphatic carbocycles. The Hall–Kier alpha value is -2.15. The molecule has 1 amide bonds. The third-order valence-electron chi connectivity index (χ3n) is 3.30. The van der Waals surface area contributed by atoms with Gasteiger partial charge in [-0.25, -0.2) is 4.98 Å². The van der Waals surface area contributed by atoms with Crippen LogP contribution in [0.25, 0.3) is 21.9 Å². The van der Waals surface area contributed by atoms with E-state index in [0.717, 1.165) is 15.4 Å². The summed E-state index contributed by atoms with van der Waals surface area (Å²) in [7, 11) is 0. The summed E-state index contributed by atoms with van der Waals surface area (Å²) in [6.45, 7) is 3.70. The predicted molar refractivity (Wildman–Crippen MR) is 88.8 cm³/mol. The van der Waals surface area contributed by atoms with Crippen molar-refractivity contribution in [2.24, 2.45) is 0 Å². The van der Waals surface area contributed by atoms with Gasteiger partial charge in [-0.2, -0.15) is 0 Å². The molecule has 0 saturated heterocycles. The van der Waals surface area contributed by atoms with Crippen molar-refractivity contribution in [1.82, 2.24) is 19.9 Å². The fourth-order valence-corrected chi connectivity index (χ4v) is 2.76. The first-order valence-electron chi connectivity index (χ1n) is 6.91. The number of halogens is 1. The zero-order chi connectivity index (χ0) is 15.9. The summed E-state index contributed by atoms with van der Waals surface area (Å²) >= 11 is 3.41. The standard InChI is InChI=1S/C15H15BrN4O2/c1-8(2)18-12(21)6-20-7-17-13-10-5-9(16)3-4-11(10)19-14(13)15(20)22/h3-5,7-8,19H,6H2,1-2H3,(H,18,21). The van der Waals surface area contributed by atoms with Gasteiger partial charge in [0.15, 0.2) is 0 Å². The van der Waals surface area contributed by atoms with E-state index in [1.165, 1.54) is 10.9 Å². The molecule has 1 aromatic carbocycles. The van der Waals surface area contributed by atoms with Crippen molar-refractivity contribution in [3.63, 3.8) is 0 Å². The van der Waals surface area contributed by atoms with Gasteiger partial charge in [0.1, 0.15) is 17.6 Å². The van der Waals surface area contributed by atoms with Crippen LogP contribution in [0.2, 0.25) is 0 Å². The summed E-state index contributed by atoms with van der Waals surface area (Å²) in [5, 5.41) is 3.63. The van der Waals surface area contributed by atoms with Crippen LogP contribution in [-0.2, 0) is 11.3 Å². The molecule has 0 radical (unpaired) electrons. The van der Waals surface area contributed by atoms with Crippen LogP contribution in [0.15, 0.2) is 33.8 Å². The number of aromatic amines is 1. The van der Waals surface area contributed by atoms with Gasteiger partial charge in [-0.15, -0.1) is 0 Å². The van der Waals surface area contributed by atoms with Crippen LogP contribution in [0.1, 0.15) is 13.8 Å². The van der Waals surface area contributed by atoms with Gasteiger partial charge in [-0.05, 0) is 32.0 Å². The lowest BCUT2D eigenvalue weighted by Crippen LogP contribution is -2.36. The van der Waals surface area contributed by atoms with Crippen molar-refractivity contribution in [2.75, 3.05) is 0 Å². The van der Waals surface area contributed by atoms with Crippen molar-refractivity contribution in [1.29, 1.82) is 0 Å². The summed E-state index contributed by atoms with van der Waals surface area (Å²) in [5.41, 5.74) is 1.61. The largest absolute Gasteiger partial charge is 0.352 e. The van der Waals surface area contributed by atoms with Crippen LogP contribution in [0.4, 0.5) is 0 Å². The first-order valence-corrected chi connectivity index (χ1v) is 7.71. The quantitative estimate of drug-likeness (QED) is 0.749. The number of fused-ring (bicyclic) bond motifs is 3. The van der Waals surface area contributed by atoms with Crippen LogP contribution < -0.4 is 10.9 Å². The average Bonchev–Trinajstić information content (AvgIpc) is 2.80. The van der Waals surface area contributed by atoms with E-state index < -0.39 is 0 Å². The highest BCUT2D eigenvalue weighted by molar-refractivity contribution is 9.10. The van der Waals surface area contributed by atoms with E-state index in [1.807, 2.05) is 32.0 Å². The maximum Gasteiger partial charge on any atom is 0.278 e. The lowest BCUT2D eigenvalue weighted by molar-refractivity contribution is -0.122. The molecule has 0 bridgehead atoms. The number of carbonyl (C=O) groups is 1. The smallest absolute Gasteiger partial charge is 0.278 e. The normalized spacial score (nSPS) is 11.5. The zero-order valence-corrected chi connectivity index (χ0v) is 13.8. The van der Waals surface area contributed by atoms with Crippen molar-refractivity contribution < 1.29 is 4.79 Å². The summed E-state index contributed by atoms with van der Waals surface area (Å²) < 4.78 is 2.23. The highest BCUT2D eigenvalue weighted by atomic mass is 79.9. The molecule has 2 aromatic heterocycles. The second kappa shape index (κ2) is 5.57. The minimum atomic E-state index is -0.253. The maximum atomic E-state index is 12.5. The van der Waals surface area contributed by atoms with E-state index in [9.17, 15) is 9.59 Å². The van der Waals surface area contributed by atoms with Crippen molar-refractivity contribution in [3.05, 3.63) is 39.4 Å². The molecule has 2 N–H and O–H groups in total. The van der Waals surface area contributed by atoms with Crippen LogP contribution in [0.3, 0.4) is 0 Å². The second-order valence-corrected chi connectivity index (χ2v) is 6.35. The molecule has 3 rings (SSSR count). The van der Waals surface area contributed by atoms with Gasteiger partial charge in [0.25, 0.3) is 5.56 Å². The number of carbonyl (C=O) groups excluding carboxylic acids is 1. The number of aromatic nitrogens is 3. The molecule has 0 fully saturated rings. The number of nitrogens with zero attached hydrogens (tertiary/aromatic N) is 2. The lowest BCUT2D eigenvalue weighted by atomic mass is 10.2. The minimum absolute atomic E-state index is 0.0327. The Balaban J connectivity index is 2.08. The number of hydrogen-bond donors (Lipinski definition) is 2. The van der Waals surface area contributed by atoms with Gasteiger partial charge in [0, 0.05) is 21.4 Å². The molecule has 3 aromatic rings. The van der Waals surface area contributed by atoms with Gasteiger partial charge < -0.3 is 10.3 Å². The Morgan fingerprint density at radius 3 is 2.95 bits per heavy atom. The van der Waals surface area contributed by atoms with E-state index in [-0.39, 0.29) is 24.1 Å². The molecule has 7 heteroatoms. The molecular weight excluding hydrogens is 348 g/mol. The van der Waals surface area contributed by atoms with Crippen LogP contribution in [0.5, 0.6) is 0 Å². The van der Waals surface area contributed by atoms with Gasteiger partial charge in [0.05, 0.1) is 6.33 Å². The first-order chi connectivity index (χ1) is 10.5. The monoisotopic (exact) mass is 362 g/mol. The first kappa shape index (κ1) is 14.8. The topological polar surface area (TPSA) is 79.8 Å². The summed E-state index contributed by atoms with van der Waals surface area (Å²) in [6.07, 6.45) is 1.42. The summed E-state index contributed by atoms with van der Waals surface area (Å²) in [5.74, 6) is -0.211. The molecule has 0 spiro atoms. The maximum absolute atomic E-state index is 12.5. The SMILES string of the molecule is CC(C)NC(=O)Cn1cnc2c([nH]c3ccc(Br)cc32)c1=O. The zero-order valence-electron chi connectivity index (χ0n) is 12.2. The second-order valence-electron chi connectivity index (χ2n) is 5.44. The van der Waals surface area contributed by atoms with E-state index >= 15 is 0 Å². The Labute approximate surface area is 134 Å². The summed E-state index contributed by atoms with van der Waals surface area (Å²) in [6, 6.07) is 5.73. The highest BCUT2D eigenvalue weighted by Crippen LogP contribution is 2.24. The highest BCUT2D eigenvalue weighted by Gasteiger charge is 2.13. The Bertz CT molecular complexity index is 926. The van der Waals surface area contributed by atoms with Crippen LogP contribution in [-0.4, -0.2) is 26.5 Å².